The highest BCUT2D eigenvalue weighted by atomic mass is 16.5. The number of rotatable bonds is 7. The van der Waals surface area contributed by atoms with E-state index < -0.39 is 0 Å². The number of ether oxygens (including phenoxy) is 1. The summed E-state index contributed by atoms with van der Waals surface area (Å²) in [6, 6.07) is 25.8. The lowest BCUT2D eigenvalue weighted by atomic mass is 9.98. The third kappa shape index (κ3) is 4.96. The number of aryl methyl sites for hydroxylation is 1. The summed E-state index contributed by atoms with van der Waals surface area (Å²) >= 11 is 0. The Morgan fingerprint density at radius 1 is 0.889 bits per heavy atom. The molecule has 0 aliphatic rings. The summed E-state index contributed by atoms with van der Waals surface area (Å²) in [5.74, 6) is 0.525. The SMILES string of the molecule is COc1ccccc1NC(=O)CN[C@@H](c1ccccc1)c1ccc(C)cc1. The molecule has 0 saturated carbocycles. The Kier molecular flexibility index (Phi) is 6.23. The minimum Gasteiger partial charge on any atom is -0.495 e. The van der Waals surface area contributed by atoms with E-state index in [2.05, 4.69) is 54.0 Å². The van der Waals surface area contributed by atoms with Crippen LogP contribution in [0.4, 0.5) is 5.69 Å². The van der Waals surface area contributed by atoms with E-state index in [0.29, 0.717) is 11.4 Å². The van der Waals surface area contributed by atoms with E-state index in [-0.39, 0.29) is 18.5 Å². The highest BCUT2D eigenvalue weighted by Crippen LogP contribution is 2.24. The molecular formula is C23H24N2O2. The smallest absolute Gasteiger partial charge is 0.238 e. The topological polar surface area (TPSA) is 50.4 Å². The molecule has 0 unspecified atom stereocenters. The number of hydrogen-bond acceptors (Lipinski definition) is 3. The number of benzene rings is 3. The number of methoxy groups -OCH3 is 1. The molecule has 0 spiro atoms. The normalized spacial score (nSPS) is 11.6. The first-order valence-corrected chi connectivity index (χ1v) is 8.95. The summed E-state index contributed by atoms with van der Waals surface area (Å²) in [7, 11) is 1.59. The predicted molar refractivity (Wildman–Crippen MR) is 109 cm³/mol. The van der Waals surface area contributed by atoms with Gasteiger partial charge in [0.25, 0.3) is 0 Å². The zero-order chi connectivity index (χ0) is 19.1. The van der Waals surface area contributed by atoms with Crippen molar-refractivity contribution in [2.45, 2.75) is 13.0 Å². The lowest BCUT2D eigenvalue weighted by molar-refractivity contribution is -0.115. The first-order chi connectivity index (χ1) is 13.2. The lowest BCUT2D eigenvalue weighted by Gasteiger charge is -2.20. The zero-order valence-corrected chi connectivity index (χ0v) is 15.6. The van der Waals surface area contributed by atoms with E-state index in [4.69, 9.17) is 4.74 Å². The number of hydrogen-bond donors (Lipinski definition) is 2. The third-order valence-corrected chi connectivity index (χ3v) is 4.39. The summed E-state index contributed by atoms with van der Waals surface area (Å²) in [5.41, 5.74) is 4.11. The fraction of sp³-hybridized carbons (Fsp3) is 0.174. The van der Waals surface area contributed by atoms with E-state index in [1.807, 2.05) is 42.5 Å². The number of carbonyl (C=O) groups is 1. The lowest BCUT2D eigenvalue weighted by Crippen LogP contribution is -2.32. The number of nitrogens with one attached hydrogen (secondary N) is 2. The van der Waals surface area contributed by atoms with Crippen LogP contribution < -0.4 is 15.4 Å². The van der Waals surface area contributed by atoms with E-state index in [1.54, 1.807) is 7.11 Å². The van der Waals surface area contributed by atoms with Crippen molar-refractivity contribution < 1.29 is 9.53 Å². The van der Waals surface area contributed by atoms with Crippen LogP contribution in [-0.2, 0) is 4.79 Å². The van der Waals surface area contributed by atoms with Crippen LogP contribution in [0.3, 0.4) is 0 Å². The average molecular weight is 360 g/mol. The molecule has 0 radical (unpaired) electrons. The Morgan fingerprint density at radius 2 is 1.52 bits per heavy atom. The summed E-state index contributed by atoms with van der Waals surface area (Å²) in [6.45, 7) is 2.25. The van der Waals surface area contributed by atoms with Gasteiger partial charge in [-0.05, 0) is 30.2 Å². The van der Waals surface area contributed by atoms with Gasteiger partial charge in [-0.2, -0.15) is 0 Å². The number of carbonyl (C=O) groups excluding carboxylic acids is 1. The molecular weight excluding hydrogens is 336 g/mol. The Bertz CT molecular complexity index is 876. The first-order valence-electron chi connectivity index (χ1n) is 8.95. The molecule has 0 bridgehead atoms. The van der Waals surface area contributed by atoms with Crippen LogP contribution >= 0.6 is 0 Å². The minimum absolute atomic E-state index is 0.0600. The molecule has 2 N–H and O–H groups in total. The fourth-order valence-electron chi connectivity index (χ4n) is 2.97. The predicted octanol–water partition coefficient (Wildman–Crippen LogP) is 4.32. The van der Waals surface area contributed by atoms with Crippen LogP contribution in [0.1, 0.15) is 22.7 Å². The maximum atomic E-state index is 12.5. The summed E-state index contributed by atoms with van der Waals surface area (Å²) in [4.78, 5) is 12.5. The third-order valence-electron chi connectivity index (χ3n) is 4.39. The van der Waals surface area contributed by atoms with Crippen molar-refractivity contribution in [1.82, 2.24) is 5.32 Å². The molecule has 3 aromatic rings. The maximum absolute atomic E-state index is 12.5. The monoisotopic (exact) mass is 360 g/mol. The second kappa shape index (κ2) is 9.01. The molecule has 3 rings (SSSR count). The Balaban J connectivity index is 1.73. The van der Waals surface area contributed by atoms with Crippen molar-refractivity contribution in [3.05, 3.63) is 95.6 Å². The van der Waals surface area contributed by atoms with Gasteiger partial charge in [0, 0.05) is 0 Å². The van der Waals surface area contributed by atoms with Gasteiger partial charge in [0.15, 0.2) is 0 Å². The van der Waals surface area contributed by atoms with E-state index in [0.717, 1.165) is 11.1 Å². The number of para-hydroxylation sites is 2. The zero-order valence-electron chi connectivity index (χ0n) is 15.6. The Hall–Kier alpha value is -3.11. The number of amides is 1. The van der Waals surface area contributed by atoms with Crippen molar-refractivity contribution in [3.63, 3.8) is 0 Å². The van der Waals surface area contributed by atoms with Gasteiger partial charge < -0.3 is 10.1 Å². The molecule has 3 aromatic carbocycles. The summed E-state index contributed by atoms with van der Waals surface area (Å²) < 4.78 is 5.29. The average Bonchev–Trinajstić information content (AvgIpc) is 2.70. The molecule has 4 nitrogen and oxygen atoms in total. The van der Waals surface area contributed by atoms with Gasteiger partial charge in [0.1, 0.15) is 5.75 Å². The molecule has 0 heterocycles. The van der Waals surface area contributed by atoms with Crippen molar-refractivity contribution in [3.8, 4) is 5.75 Å². The second-order valence-corrected chi connectivity index (χ2v) is 6.38. The van der Waals surface area contributed by atoms with Crippen molar-refractivity contribution >= 4 is 11.6 Å². The van der Waals surface area contributed by atoms with Crippen molar-refractivity contribution in [1.29, 1.82) is 0 Å². The van der Waals surface area contributed by atoms with Crippen molar-refractivity contribution in [2.24, 2.45) is 0 Å². The van der Waals surface area contributed by atoms with Gasteiger partial charge in [0.2, 0.25) is 5.91 Å². The van der Waals surface area contributed by atoms with Gasteiger partial charge >= 0.3 is 0 Å². The standard InChI is InChI=1S/C23H24N2O2/c1-17-12-14-19(15-13-17)23(18-8-4-3-5-9-18)24-16-22(26)25-20-10-6-7-11-21(20)27-2/h3-15,23-24H,16H2,1-2H3,(H,25,26)/t23-/m0/s1. The first kappa shape index (κ1) is 18.7. The highest BCUT2D eigenvalue weighted by Gasteiger charge is 2.15. The second-order valence-electron chi connectivity index (χ2n) is 6.38. The highest BCUT2D eigenvalue weighted by molar-refractivity contribution is 5.93. The summed E-state index contributed by atoms with van der Waals surface area (Å²) in [6.07, 6.45) is 0. The van der Waals surface area contributed by atoms with E-state index in [9.17, 15) is 4.79 Å². The van der Waals surface area contributed by atoms with Gasteiger partial charge in [-0.1, -0.05) is 72.3 Å². The quantitative estimate of drug-likeness (QED) is 0.660. The number of anilines is 1. The Morgan fingerprint density at radius 3 is 2.22 bits per heavy atom. The largest absolute Gasteiger partial charge is 0.495 e. The maximum Gasteiger partial charge on any atom is 0.238 e. The Labute approximate surface area is 160 Å². The van der Waals surface area contributed by atoms with Gasteiger partial charge in [-0.25, -0.2) is 0 Å². The summed E-state index contributed by atoms with van der Waals surface area (Å²) in [5, 5.41) is 6.28. The van der Waals surface area contributed by atoms with Gasteiger partial charge in [-0.3, -0.25) is 10.1 Å². The molecule has 27 heavy (non-hydrogen) atoms. The molecule has 0 saturated heterocycles. The van der Waals surface area contributed by atoms with E-state index >= 15 is 0 Å². The van der Waals surface area contributed by atoms with Crippen LogP contribution in [0.2, 0.25) is 0 Å². The molecule has 4 heteroatoms. The van der Waals surface area contributed by atoms with Crippen LogP contribution in [0.15, 0.2) is 78.9 Å². The van der Waals surface area contributed by atoms with Crippen molar-refractivity contribution in [2.75, 3.05) is 19.0 Å². The molecule has 138 valence electrons. The fourth-order valence-corrected chi connectivity index (χ4v) is 2.97. The van der Waals surface area contributed by atoms with Gasteiger partial charge in [0.05, 0.1) is 25.4 Å². The molecule has 0 aromatic heterocycles. The molecule has 0 aliphatic heterocycles. The van der Waals surface area contributed by atoms with Crippen LogP contribution in [-0.4, -0.2) is 19.6 Å². The molecule has 1 amide bonds. The van der Waals surface area contributed by atoms with E-state index in [1.165, 1.54) is 5.56 Å². The van der Waals surface area contributed by atoms with Gasteiger partial charge in [-0.15, -0.1) is 0 Å². The van der Waals surface area contributed by atoms with Crippen LogP contribution in [0.5, 0.6) is 5.75 Å². The minimum atomic E-state index is -0.118. The molecule has 0 fully saturated rings. The van der Waals surface area contributed by atoms with Crippen LogP contribution in [0.25, 0.3) is 0 Å². The molecule has 0 aliphatic carbocycles. The van der Waals surface area contributed by atoms with Crippen LogP contribution in [0, 0.1) is 6.92 Å². The molecule has 1 atom stereocenters.